The summed E-state index contributed by atoms with van der Waals surface area (Å²) >= 11 is 0. The Labute approximate surface area is 200 Å². The number of piperidine rings is 2. The average molecular weight is 466 g/mol. The SMILES string of the molecule is CC[C@H]1CCCCN1Cc1ccc(CNC(=O)c2c(C)oc3ncnc(N4CCCCC4)c23)o1. The van der Waals surface area contributed by atoms with Crippen LogP contribution in [0.4, 0.5) is 5.82 Å². The van der Waals surface area contributed by atoms with E-state index in [0.717, 1.165) is 56.4 Å². The zero-order valence-electron chi connectivity index (χ0n) is 20.3. The molecule has 2 aliphatic rings. The standard InChI is InChI=1S/C26H35N5O3/c1-3-19-9-5-8-14-31(19)16-21-11-10-20(34-21)15-27-25(32)22-18(2)33-26-23(22)24(28-17-29-26)30-12-6-4-7-13-30/h10-11,17,19H,3-9,12-16H2,1-2H3,(H,27,32)/t19-/m0/s1. The van der Waals surface area contributed by atoms with Crippen molar-refractivity contribution >= 4 is 22.8 Å². The lowest BCUT2D eigenvalue weighted by atomic mass is 10.00. The van der Waals surface area contributed by atoms with E-state index in [0.29, 0.717) is 35.0 Å². The lowest BCUT2D eigenvalue weighted by molar-refractivity contribution is 0.0946. The van der Waals surface area contributed by atoms with Crippen LogP contribution in [0.3, 0.4) is 0 Å². The number of carbonyl (C=O) groups is 1. The topological polar surface area (TPSA) is 87.6 Å². The molecule has 1 N–H and O–H groups in total. The van der Waals surface area contributed by atoms with Crippen molar-refractivity contribution in [3.8, 4) is 0 Å². The van der Waals surface area contributed by atoms with Gasteiger partial charge in [-0.3, -0.25) is 9.69 Å². The summed E-state index contributed by atoms with van der Waals surface area (Å²) < 4.78 is 11.9. The van der Waals surface area contributed by atoms with Gasteiger partial charge in [0.25, 0.3) is 5.91 Å². The van der Waals surface area contributed by atoms with E-state index < -0.39 is 0 Å². The molecule has 1 amide bonds. The minimum atomic E-state index is -0.190. The Morgan fingerprint density at radius 3 is 2.68 bits per heavy atom. The summed E-state index contributed by atoms with van der Waals surface area (Å²) in [7, 11) is 0. The van der Waals surface area contributed by atoms with Gasteiger partial charge >= 0.3 is 0 Å². The molecular formula is C26H35N5O3. The molecule has 1 atom stereocenters. The molecule has 2 fully saturated rings. The fraction of sp³-hybridized carbons (Fsp3) is 0.577. The van der Waals surface area contributed by atoms with Crippen molar-refractivity contribution in [1.82, 2.24) is 20.2 Å². The number of hydrogen-bond acceptors (Lipinski definition) is 7. The molecule has 3 aromatic heterocycles. The number of nitrogens with zero attached hydrogens (tertiary/aromatic N) is 4. The van der Waals surface area contributed by atoms with Crippen molar-refractivity contribution in [3.05, 3.63) is 41.3 Å². The first-order chi connectivity index (χ1) is 16.6. The van der Waals surface area contributed by atoms with Crippen LogP contribution in [-0.4, -0.2) is 46.5 Å². The average Bonchev–Trinajstić information content (AvgIpc) is 3.46. The largest absolute Gasteiger partial charge is 0.463 e. The monoisotopic (exact) mass is 465 g/mol. The Kier molecular flexibility index (Phi) is 6.85. The van der Waals surface area contributed by atoms with Crippen molar-refractivity contribution in [2.75, 3.05) is 24.5 Å². The highest BCUT2D eigenvalue weighted by Gasteiger charge is 2.26. The summed E-state index contributed by atoms with van der Waals surface area (Å²) in [6.07, 6.45) is 10.0. The van der Waals surface area contributed by atoms with Crippen molar-refractivity contribution in [2.45, 2.75) is 77.9 Å². The number of furan rings is 2. The third-order valence-corrected chi connectivity index (χ3v) is 7.25. The zero-order chi connectivity index (χ0) is 23.5. The maximum atomic E-state index is 13.3. The molecule has 182 valence electrons. The molecule has 2 aliphatic heterocycles. The van der Waals surface area contributed by atoms with Gasteiger partial charge in [-0.2, -0.15) is 0 Å². The van der Waals surface area contributed by atoms with Gasteiger partial charge in [0.2, 0.25) is 5.71 Å². The number of aromatic nitrogens is 2. The summed E-state index contributed by atoms with van der Waals surface area (Å²) in [5, 5.41) is 3.72. The first kappa shape index (κ1) is 22.9. The molecule has 34 heavy (non-hydrogen) atoms. The number of nitrogens with one attached hydrogen (secondary N) is 1. The lowest BCUT2D eigenvalue weighted by Gasteiger charge is -2.34. The van der Waals surface area contributed by atoms with E-state index in [-0.39, 0.29) is 5.91 Å². The van der Waals surface area contributed by atoms with E-state index in [2.05, 4.69) is 32.0 Å². The van der Waals surface area contributed by atoms with Crippen LogP contribution >= 0.6 is 0 Å². The molecular weight excluding hydrogens is 430 g/mol. The van der Waals surface area contributed by atoms with Gasteiger partial charge in [-0.1, -0.05) is 13.3 Å². The number of amides is 1. The second-order valence-electron chi connectivity index (χ2n) is 9.54. The van der Waals surface area contributed by atoms with Gasteiger partial charge in [0, 0.05) is 19.1 Å². The van der Waals surface area contributed by atoms with Crippen LogP contribution in [0.25, 0.3) is 11.1 Å². The molecule has 0 unspecified atom stereocenters. The Morgan fingerprint density at radius 2 is 1.85 bits per heavy atom. The van der Waals surface area contributed by atoms with E-state index in [4.69, 9.17) is 8.83 Å². The quantitative estimate of drug-likeness (QED) is 0.536. The molecule has 5 rings (SSSR count). The molecule has 8 nitrogen and oxygen atoms in total. The highest BCUT2D eigenvalue weighted by atomic mass is 16.3. The van der Waals surface area contributed by atoms with E-state index >= 15 is 0 Å². The van der Waals surface area contributed by atoms with E-state index in [1.165, 1.54) is 38.4 Å². The molecule has 0 spiro atoms. The predicted molar refractivity (Wildman–Crippen MR) is 131 cm³/mol. The lowest BCUT2D eigenvalue weighted by Crippen LogP contribution is -2.38. The van der Waals surface area contributed by atoms with Gasteiger partial charge in [-0.15, -0.1) is 0 Å². The second kappa shape index (κ2) is 10.2. The van der Waals surface area contributed by atoms with Crippen LogP contribution in [0.15, 0.2) is 27.3 Å². The van der Waals surface area contributed by atoms with Crippen LogP contribution in [0.1, 0.15) is 79.5 Å². The summed E-state index contributed by atoms with van der Waals surface area (Å²) in [4.78, 5) is 26.8. The highest BCUT2D eigenvalue weighted by molar-refractivity contribution is 6.10. The molecule has 0 radical (unpaired) electrons. The smallest absolute Gasteiger partial charge is 0.256 e. The summed E-state index contributed by atoms with van der Waals surface area (Å²) in [6.45, 7) is 8.22. The van der Waals surface area contributed by atoms with Crippen molar-refractivity contribution in [2.24, 2.45) is 0 Å². The van der Waals surface area contributed by atoms with E-state index in [9.17, 15) is 4.79 Å². The molecule has 2 saturated heterocycles. The Hall–Kier alpha value is -2.87. The Balaban J connectivity index is 1.29. The Bertz CT molecular complexity index is 1130. The number of hydrogen-bond donors (Lipinski definition) is 1. The fourth-order valence-corrected chi connectivity index (χ4v) is 5.44. The van der Waals surface area contributed by atoms with Crippen LogP contribution < -0.4 is 10.2 Å². The highest BCUT2D eigenvalue weighted by Crippen LogP contribution is 2.32. The van der Waals surface area contributed by atoms with Crippen LogP contribution in [0.2, 0.25) is 0 Å². The second-order valence-corrected chi connectivity index (χ2v) is 9.54. The van der Waals surface area contributed by atoms with Gasteiger partial charge in [0.05, 0.1) is 24.0 Å². The Morgan fingerprint density at radius 1 is 1.06 bits per heavy atom. The predicted octanol–water partition coefficient (Wildman–Crippen LogP) is 4.81. The minimum Gasteiger partial charge on any atom is -0.463 e. The summed E-state index contributed by atoms with van der Waals surface area (Å²) in [5.74, 6) is 2.87. The maximum Gasteiger partial charge on any atom is 0.256 e. The number of anilines is 1. The molecule has 3 aromatic rings. The van der Waals surface area contributed by atoms with Gasteiger partial charge < -0.3 is 19.1 Å². The molecule has 0 aromatic carbocycles. The van der Waals surface area contributed by atoms with Crippen LogP contribution in [-0.2, 0) is 13.1 Å². The van der Waals surface area contributed by atoms with Gasteiger partial charge in [-0.05, 0) is 64.1 Å². The summed E-state index contributed by atoms with van der Waals surface area (Å²) in [6, 6.07) is 4.63. The third-order valence-electron chi connectivity index (χ3n) is 7.25. The van der Waals surface area contributed by atoms with Gasteiger partial charge in [-0.25, -0.2) is 9.97 Å². The number of aryl methyl sites for hydroxylation is 1. The molecule has 5 heterocycles. The number of likely N-dealkylation sites (tertiary alicyclic amines) is 1. The van der Waals surface area contributed by atoms with Crippen molar-refractivity contribution < 1.29 is 13.6 Å². The van der Waals surface area contributed by atoms with Crippen LogP contribution in [0.5, 0.6) is 0 Å². The summed E-state index contributed by atoms with van der Waals surface area (Å²) in [5.41, 5.74) is 0.979. The number of carbonyl (C=O) groups excluding carboxylic acids is 1. The van der Waals surface area contributed by atoms with Crippen molar-refractivity contribution in [1.29, 1.82) is 0 Å². The third kappa shape index (κ3) is 4.69. The normalized spacial score (nSPS) is 19.6. The number of fused-ring (bicyclic) bond motifs is 1. The first-order valence-corrected chi connectivity index (χ1v) is 12.7. The van der Waals surface area contributed by atoms with E-state index in [1.54, 1.807) is 0 Å². The van der Waals surface area contributed by atoms with Gasteiger partial charge in [0.15, 0.2) is 0 Å². The zero-order valence-corrected chi connectivity index (χ0v) is 20.3. The minimum absolute atomic E-state index is 0.190. The van der Waals surface area contributed by atoms with E-state index in [1.807, 2.05) is 19.1 Å². The molecule has 0 bridgehead atoms. The molecule has 0 saturated carbocycles. The molecule has 8 heteroatoms. The fourth-order valence-electron chi connectivity index (χ4n) is 5.44. The first-order valence-electron chi connectivity index (χ1n) is 12.7. The maximum absolute atomic E-state index is 13.3. The van der Waals surface area contributed by atoms with Gasteiger partial charge in [0.1, 0.15) is 29.4 Å². The van der Waals surface area contributed by atoms with Crippen LogP contribution in [0, 0.1) is 6.92 Å². The number of rotatable bonds is 7. The van der Waals surface area contributed by atoms with Crippen molar-refractivity contribution in [3.63, 3.8) is 0 Å². The molecule has 0 aliphatic carbocycles.